The Morgan fingerprint density at radius 1 is 1.04 bits per heavy atom. The molecule has 0 unspecified atom stereocenters. The fourth-order valence-electron chi connectivity index (χ4n) is 6.61. The highest BCUT2D eigenvalue weighted by Gasteiger charge is 2.28. The zero-order valence-corrected chi connectivity index (χ0v) is 29.1. The summed E-state index contributed by atoms with van der Waals surface area (Å²) in [7, 11) is -2.31. The topological polar surface area (TPSA) is 146 Å². The number of sulfone groups is 1. The van der Waals surface area contributed by atoms with Crippen molar-refractivity contribution in [3.63, 3.8) is 0 Å². The van der Waals surface area contributed by atoms with Crippen LogP contribution < -0.4 is 15.0 Å². The highest BCUT2D eigenvalue weighted by Crippen LogP contribution is 2.40. The molecule has 4 aromatic heterocycles. The maximum Gasteiger partial charge on any atom is 0.271 e. The van der Waals surface area contributed by atoms with Gasteiger partial charge in [-0.1, -0.05) is 19.9 Å². The van der Waals surface area contributed by atoms with Crippen molar-refractivity contribution in [2.75, 3.05) is 37.6 Å². The van der Waals surface area contributed by atoms with Gasteiger partial charge >= 0.3 is 0 Å². The van der Waals surface area contributed by atoms with E-state index in [-0.39, 0.29) is 29.4 Å². The zero-order chi connectivity index (χ0) is 35.2. The second-order valence-corrected chi connectivity index (χ2v) is 14.2. The van der Waals surface area contributed by atoms with Gasteiger partial charge < -0.3 is 19.7 Å². The fraction of sp³-hybridized carbons (Fsp3) is 0.343. The molecular formula is C35H37FN8O5S. The lowest BCUT2D eigenvalue weighted by Crippen LogP contribution is -2.26. The number of fused-ring (bicyclic) bond motifs is 5. The van der Waals surface area contributed by atoms with Gasteiger partial charge in [0.15, 0.2) is 12.5 Å². The SMILES string of the molecule is CCNC(=O)c1cc2n(n1)CCCN(c1nc(S(=O)(=O)CC)nc3cc(-c4cc(OCOC)cc5ccc(F)c(CC)c45)n4nccc4c13)C2. The van der Waals surface area contributed by atoms with Crippen molar-refractivity contribution in [1.29, 1.82) is 0 Å². The molecule has 7 rings (SSSR count). The number of rotatable bonds is 10. The molecule has 2 aromatic carbocycles. The third kappa shape index (κ3) is 5.79. The third-order valence-corrected chi connectivity index (χ3v) is 10.5. The summed E-state index contributed by atoms with van der Waals surface area (Å²) < 4.78 is 56.7. The molecule has 0 radical (unpaired) electrons. The standard InChI is InChI=1S/C35H37FN8O5S/c1-5-24-26(36)10-9-21-15-23(49-20-48-4)17-25(31(21)24)30-18-27-32(29-11-12-38-44(29)30)33(40-35(39-27)50(46,47)7-3)42-13-8-14-43-22(19-42)16-28(41-43)34(45)37-6-2/h9-12,15-18H,5-8,13-14,19-20H2,1-4H3,(H,37,45). The molecule has 260 valence electrons. The third-order valence-electron chi connectivity index (χ3n) is 8.95. The maximum atomic E-state index is 15.3. The van der Waals surface area contributed by atoms with Crippen LogP contribution in [0.4, 0.5) is 10.2 Å². The van der Waals surface area contributed by atoms with Crippen molar-refractivity contribution >= 4 is 48.8 Å². The Labute approximate surface area is 287 Å². The highest BCUT2D eigenvalue weighted by atomic mass is 32.2. The van der Waals surface area contributed by atoms with Crippen LogP contribution in [-0.4, -0.2) is 76.4 Å². The van der Waals surface area contributed by atoms with Gasteiger partial charge in [-0.2, -0.15) is 10.2 Å². The Morgan fingerprint density at radius 3 is 2.64 bits per heavy atom. The molecule has 0 saturated heterocycles. The van der Waals surface area contributed by atoms with Crippen LogP contribution in [0.5, 0.6) is 5.75 Å². The van der Waals surface area contributed by atoms with Gasteiger partial charge in [-0.3, -0.25) is 9.48 Å². The number of pyridine rings is 1. The summed E-state index contributed by atoms with van der Waals surface area (Å²) in [5.41, 5.74) is 3.87. The van der Waals surface area contributed by atoms with Gasteiger partial charge in [0.1, 0.15) is 17.4 Å². The quantitative estimate of drug-likeness (QED) is 0.154. The molecule has 50 heavy (non-hydrogen) atoms. The molecule has 13 nitrogen and oxygen atoms in total. The average molecular weight is 701 g/mol. The van der Waals surface area contributed by atoms with E-state index < -0.39 is 9.84 Å². The summed E-state index contributed by atoms with van der Waals surface area (Å²) in [6.45, 7) is 7.24. The molecule has 6 aromatic rings. The number of nitrogens with zero attached hydrogens (tertiary/aromatic N) is 7. The van der Waals surface area contributed by atoms with E-state index in [2.05, 4.69) is 15.4 Å². The number of benzene rings is 2. The molecule has 15 heteroatoms. The van der Waals surface area contributed by atoms with E-state index in [1.54, 1.807) is 35.8 Å². The minimum Gasteiger partial charge on any atom is -0.468 e. The Bertz CT molecular complexity index is 2390. The van der Waals surface area contributed by atoms with Crippen LogP contribution in [0.25, 0.3) is 38.4 Å². The second kappa shape index (κ2) is 13.3. The van der Waals surface area contributed by atoms with Crippen LogP contribution in [0, 0.1) is 5.82 Å². The highest BCUT2D eigenvalue weighted by molar-refractivity contribution is 7.91. The summed E-state index contributed by atoms with van der Waals surface area (Å²) in [5.74, 6) is 0.156. The molecular weight excluding hydrogens is 664 g/mol. The van der Waals surface area contributed by atoms with Gasteiger partial charge in [0.2, 0.25) is 15.0 Å². The van der Waals surface area contributed by atoms with Crippen molar-refractivity contribution in [3.05, 3.63) is 71.4 Å². The average Bonchev–Trinajstić information content (AvgIpc) is 3.72. The predicted molar refractivity (Wildman–Crippen MR) is 187 cm³/mol. The van der Waals surface area contributed by atoms with Crippen molar-refractivity contribution in [2.24, 2.45) is 0 Å². The summed E-state index contributed by atoms with van der Waals surface area (Å²) in [6, 6.07) is 12.2. The minimum atomic E-state index is -3.84. The number of amides is 1. The maximum absolute atomic E-state index is 15.3. The number of hydrogen-bond donors (Lipinski definition) is 1. The number of halogens is 1. The van der Waals surface area contributed by atoms with Crippen LogP contribution in [0.15, 0.2) is 53.8 Å². The molecule has 0 spiro atoms. The Kier molecular flexibility index (Phi) is 8.86. The second-order valence-electron chi connectivity index (χ2n) is 12.0. The Balaban J connectivity index is 1.49. The Hall–Kier alpha value is -5.15. The minimum absolute atomic E-state index is 0.00993. The molecule has 0 saturated carbocycles. The fourth-order valence-corrected chi connectivity index (χ4v) is 7.33. The van der Waals surface area contributed by atoms with E-state index in [1.165, 1.54) is 13.2 Å². The largest absolute Gasteiger partial charge is 0.468 e. The molecule has 0 atom stereocenters. The van der Waals surface area contributed by atoms with E-state index in [1.807, 2.05) is 41.6 Å². The Morgan fingerprint density at radius 2 is 1.88 bits per heavy atom. The van der Waals surface area contributed by atoms with Gasteiger partial charge in [-0.25, -0.2) is 27.3 Å². The number of methoxy groups -OCH3 is 1. The number of carbonyl (C=O) groups is 1. The molecule has 1 aliphatic heterocycles. The smallest absolute Gasteiger partial charge is 0.271 e. The first-order valence-electron chi connectivity index (χ1n) is 16.6. The van der Waals surface area contributed by atoms with Gasteiger partial charge in [-0.15, -0.1) is 0 Å². The van der Waals surface area contributed by atoms with Crippen LogP contribution in [0.3, 0.4) is 0 Å². The summed E-state index contributed by atoms with van der Waals surface area (Å²) in [4.78, 5) is 24.0. The molecule has 0 bridgehead atoms. The van der Waals surface area contributed by atoms with Crippen molar-refractivity contribution < 1.29 is 27.1 Å². The number of aryl methyl sites for hydroxylation is 2. The number of aromatic nitrogens is 6. The summed E-state index contributed by atoms with van der Waals surface area (Å²) in [6.07, 6.45) is 2.76. The number of carbonyl (C=O) groups excluding carboxylic acids is 1. The van der Waals surface area contributed by atoms with Crippen molar-refractivity contribution in [3.8, 4) is 17.0 Å². The summed E-state index contributed by atoms with van der Waals surface area (Å²) in [5, 5.41) is 13.8. The first kappa shape index (κ1) is 33.4. The van der Waals surface area contributed by atoms with Gasteiger partial charge in [0.05, 0.1) is 46.3 Å². The van der Waals surface area contributed by atoms with Crippen LogP contribution in [-0.2, 0) is 34.1 Å². The number of nitrogens with one attached hydrogen (secondary N) is 1. The van der Waals surface area contributed by atoms with E-state index >= 15 is 4.39 Å². The summed E-state index contributed by atoms with van der Waals surface area (Å²) >= 11 is 0. The number of ether oxygens (including phenoxy) is 2. The van der Waals surface area contributed by atoms with Crippen LogP contribution >= 0.6 is 0 Å². The molecule has 5 heterocycles. The lowest BCUT2D eigenvalue weighted by Gasteiger charge is -2.24. The lowest BCUT2D eigenvalue weighted by molar-refractivity contribution is 0.0512. The van der Waals surface area contributed by atoms with Crippen molar-refractivity contribution in [1.82, 2.24) is 34.7 Å². The van der Waals surface area contributed by atoms with Gasteiger partial charge in [0, 0.05) is 32.3 Å². The normalized spacial score (nSPS) is 13.6. The van der Waals surface area contributed by atoms with Crippen LogP contribution in [0.2, 0.25) is 0 Å². The molecule has 1 amide bonds. The van der Waals surface area contributed by atoms with Crippen LogP contribution in [0.1, 0.15) is 48.9 Å². The molecule has 0 fully saturated rings. The number of hydrogen-bond acceptors (Lipinski definition) is 10. The first-order valence-corrected chi connectivity index (χ1v) is 18.2. The van der Waals surface area contributed by atoms with E-state index in [0.29, 0.717) is 94.9 Å². The lowest BCUT2D eigenvalue weighted by atomic mass is 9.94. The van der Waals surface area contributed by atoms with E-state index in [9.17, 15) is 13.2 Å². The molecule has 0 aliphatic carbocycles. The van der Waals surface area contributed by atoms with Gasteiger partial charge in [0.25, 0.3) is 5.91 Å². The van der Waals surface area contributed by atoms with Crippen molar-refractivity contribution in [2.45, 2.75) is 51.9 Å². The predicted octanol–water partition coefficient (Wildman–Crippen LogP) is 4.93. The monoisotopic (exact) mass is 700 g/mol. The molecule has 1 N–H and O–H groups in total. The zero-order valence-electron chi connectivity index (χ0n) is 28.2. The number of anilines is 1. The van der Waals surface area contributed by atoms with E-state index in [0.717, 1.165) is 11.1 Å². The van der Waals surface area contributed by atoms with Gasteiger partial charge in [-0.05, 0) is 72.5 Å². The van der Waals surface area contributed by atoms with E-state index in [4.69, 9.17) is 19.6 Å². The molecule has 1 aliphatic rings. The first-order chi connectivity index (χ1) is 24.2.